The maximum atomic E-state index is 14.5. The van der Waals surface area contributed by atoms with Crippen molar-refractivity contribution in [3.63, 3.8) is 0 Å². The number of hydrogen-bond donors (Lipinski definition) is 1. The fourth-order valence-electron chi connectivity index (χ4n) is 2.82. The maximum absolute atomic E-state index is 14.5. The van der Waals surface area contributed by atoms with E-state index in [0.29, 0.717) is 0 Å². The van der Waals surface area contributed by atoms with Crippen molar-refractivity contribution >= 4 is 17.3 Å². The van der Waals surface area contributed by atoms with Crippen LogP contribution in [0.4, 0.5) is 20.2 Å². The number of aromatic nitrogens is 2. The van der Waals surface area contributed by atoms with E-state index >= 15 is 0 Å². The largest absolute Gasteiger partial charge is 0.322 e. The van der Waals surface area contributed by atoms with Gasteiger partial charge in [-0.25, -0.2) is 13.5 Å². The number of carbonyl (C=O) groups is 1. The van der Waals surface area contributed by atoms with E-state index in [1.54, 1.807) is 19.9 Å². The van der Waals surface area contributed by atoms with E-state index in [1.165, 1.54) is 23.7 Å². The summed E-state index contributed by atoms with van der Waals surface area (Å²) >= 11 is 0. The van der Waals surface area contributed by atoms with Gasteiger partial charge in [-0.1, -0.05) is 0 Å². The number of benzene rings is 2. The smallest absolute Gasteiger partial charge is 0.276 e. The zero-order valence-electron chi connectivity index (χ0n) is 15.3. The summed E-state index contributed by atoms with van der Waals surface area (Å²) in [5.74, 6) is -2.28. The Hall–Kier alpha value is -3.62. The second-order valence-corrected chi connectivity index (χ2v) is 6.32. The molecule has 0 spiro atoms. The van der Waals surface area contributed by atoms with Crippen LogP contribution in [0, 0.1) is 42.5 Å². The molecule has 0 aliphatic carbocycles. The number of rotatable bonds is 4. The van der Waals surface area contributed by atoms with Crippen LogP contribution in [-0.2, 0) is 0 Å². The molecular formula is C19H16F2N4O3. The van der Waals surface area contributed by atoms with Crippen LogP contribution < -0.4 is 5.32 Å². The molecule has 0 aliphatic heterocycles. The average molecular weight is 386 g/mol. The Kier molecular flexibility index (Phi) is 4.91. The van der Waals surface area contributed by atoms with E-state index in [2.05, 4.69) is 10.4 Å². The van der Waals surface area contributed by atoms with Gasteiger partial charge in [0.15, 0.2) is 5.82 Å². The predicted octanol–water partition coefficient (Wildman–Crippen LogP) is 4.24. The number of hydrogen-bond acceptors (Lipinski definition) is 4. The lowest BCUT2D eigenvalue weighted by Gasteiger charge is -2.10. The maximum Gasteiger partial charge on any atom is 0.276 e. The first-order valence-corrected chi connectivity index (χ1v) is 8.26. The number of nitro groups is 1. The molecule has 0 bridgehead atoms. The highest BCUT2D eigenvalue weighted by molar-refractivity contribution is 6.04. The highest BCUT2D eigenvalue weighted by Gasteiger charge is 2.20. The summed E-state index contributed by atoms with van der Waals surface area (Å²) in [6.45, 7) is 4.83. The van der Waals surface area contributed by atoms with Gasteiger partial charge in [-0.15, -0.1) is 0 Å². The van der Waals surface area contributed by atoms with E-state index in [1.807, 2.05) is 0 Å². The number of nitrogens with zero attached hydrogens (tertiary/aromatic N) is 3. The zero-order valence-corrected chi connectivity index (χ0v) is 15.3. The quantitative estimate of drug-likeness (QED) is 0.536. The SMILES string of the molecule is Cc1cc(C)n(-c2ccc(NC(=O)c3cc(F)c(C)c([N+](=O)[O-])c3)cc2F)n1. The molecule has 0 radical (unpaired) electrons. The second-order valence-electron chi connectivity index (χ2n) is 6.32. The van der Waals surface area contributed by atoms with E-state index in [-0.39, 0.29) is 22.5 Å². The summed E-state index contributed by atoms with van der Waals surface area (Å²) in [6, 6.07) is 7.69. The molecule has 1 N–H and O–H groups in total. The highest BCUT2D eigenvalue weighted by Crippen LogP contribution is 2.24. The molecule has 0 fully saturated rings. The standard InChI is InChI=1S/C19H16F2N4O3/c1-10-6-11(2)24(23-10)17-5-4-14(9-16(17)21)22-19(26)13-7-15(20)12(3)18(8-13)25(27)28/h4-9H,1-3H3,(H,22,26). The van der Waals surface area contributed by atoms with E-state index < -0.39 is 28.2 Å². The van der Waals surface area contributed by atoms with Gasteiger partial charge in [0.25, 0.3) is 11.6 Å². The van der Waals surface area contributed by atoms with Gasteiger partial charge < -0.3 is 5.32 Å². The summed E-state index contributed by atoms with van der Waals surface area (Å²) in [5, 5.41) is 17.6. The second kappa shape index (κ2) is 7.18. The molecule has 0 saturated carbocycles. The minimum Gasteiger partial charge on any atom is -0.322 e. The molecule has 0 unspecified atom stereocenters. The van der Waals surface area contributed by atoms with Gasteiger partial charge in [0.2, 0.25) is 0 Å². The Morgan fingerprint density at radius 1 is 1.11 bits per heavy atom. The van der Waals surface area contributed by atoms with Crippen molar-refractivity contribution in [2.24, 2.45) is 0 Å². The summed E-state index contributed by atoms with van der Waals surface area (Å²) in [4.78, 5) is 22.6. The predicted molar refractivity (Wildman–Crippen MR) is 98.7 cm³/mol. The monoisotopic (exact) mass is 386 g/mol. The number of anilines is 1. The van der Waals surface area contributed by atoms with Gasteiger partial charge in [0.05, 0.1) is 16.2 Å². The summed E-state index contributed by atoms with van der Waals surface area (Å²) in [5.41, 5.74) is 0.904. The first-order valence-electron chi connectivity index (χ1n) is 8.26. The van der Waals surface area contributed by atoms with Crippen LogP contribution in [0.1, 0.15) is 27.3 Å². The first kappa shape index (κ1) is 19.2. The molecule has 3 rings (SSSR count). The van der Waals surface area contributed by atoms with Crippen LogP contribution in [0.3, 0.4) is 0 Å². The topological polar surface area (TPSA) is 90.1 Å². The fraction of sp³-hybridized carbons (Fsp3) is 0.158. The molecule has 0 saturated heterocycles. The number of carbonyl (C=O) groups excluding carboxylic acids is 1. The van der Waals surface area contributed by atoms with Crippen molar-refractivity contribution in [3.8, 4) is 5.69 Å². The molecule has 7 nitrogen and oxygen atoms in total. The van der Waals surface area contributed by atoms with Crippen molar-refractivity contribution in [2.75, 3.05) is 5.32 Å². The van der Waals surface area contributed by atoms with Gasteiger partial charge in [-0.2, -0.15) is 5.10 Å². The van der Waals surface area contributed by atoms with Gasteiger partial charge in [0.1, 0.15) is 11.5 Å². The van der Waals surface area contributed by atoms with Gasteiger partial charge in [-0.3, -0.25) is 14.9 Å². The lowest BCUT2D eigenvalue weighted by molar-refractivity contribution is -0.385. The minimum atomic E-state index is -0.870. The van der Waals surface area contributed by atoms with Crippen molar-refractivity contribution in [3.05, 3.63) is 80.7 Å². The van der Waals surface area contributed by atoms with Crippen LogP contribution in [0.15, 0.2) is 36.4 Å². The molecule has 3 aromatic rings. The Morgan fingerprint density at radius 3 is 2.39 bits per heavy atom. The molecule has 28 heavy (non-hydrogen) atoms. The Labute approximate surface area is 158 Å². The molecular weight excluding hydrogens is 370 g/mol. The molecule has 1 heterocycles. The zero-order chi connectivity index (χ0) is 20.6. The summed E-state index contributed by atoms with van der Waals surface area (Å²) in [7, 11) is 0. The van der Waals surface area contributed by atoms with E-state index in [0.717, 1.165) is 29.6 Å². The Morgan fingerprint density at radius 2 is 1.82 bits per heavy atom. The van der Waals surface area contributed by atoms with Crippen molar-refractivity contribution in [1.82, 2.24) is 9.78 Å². The molecule has 144 valence electrons. The molecule has 0 atom stereocenters. The molecule has 1 aromatic heterocycles. The van der Waals surface area contributed by atoms with Gasteiger partial charge in [-0.05, 0) is 51.1 Å². The normalized spacial score (nSPS) is 10.8. The number of amides is 1. The Bertz CT molecular complexity index is 1110. The lowest BCUT2D eigenvalue weighted by atomic mass is 10.1. The van der Waals surface area contributed by atoms with E-state index in [9.17, 15) is 23.7 Å². The van der Waals surface area contributed by atoms with Crippen LogP contribution in [-0.4, -0.2) is 20.6 Å². The molecule has 0 aliphatic rings. The summed E-state index contributed by atoms with van der Waals surface area (Å²) in [6.07, 6.45) is 0. The molecule has 1 amide bonds. The van der Waals surface area contributed by atoms with Crippen molar-refractivity contribution in [1.29, 1.82) is 0 Å². The van der Waals surface area contributed by atoms with Crippen molar-refractivity contribution in [2.45, 2.75) is 20.8 Å². The molecule has 9 heteroatoms. The fourth-order valence-corrected chi connectivity index (χ4v) is 2.82. The highest BCUT2D eigenvalue weighted by atomic mass is 19.1. The lowest BCUT2D eigenvalue weighted by Crippen LogP contribution is -2.14. The minimum absolute atomic E-state index is 0.122. The van der Waals surface area contributed by atoms with Crippen molar-refractivity contribution < 1.29 is 18.5 Å². The molecule has 2 aromatic carbocycles. The first-order chi connectivity index (χ1) is 13.2. The van der Waals surface area contributed by atoms with E-state index in [4.69, 9.17) is 0 Å². The summed E-state index contributed by atoms with van der Waals surface area (Å²) < 4.78 is 29.8. The number of nitro benzene ring substituents is 1. The Balaban J connectivity index is 1.88. The number of aryl methyl sites for hydroxylation is 2. The third-order valence-electron chi connectivity index (χ3n) is 4.22. The van der Waals surface area contributed by atoms with Crippen LogP contribution >= 0.6 is 0 Å². The third kappa shape index (κ3) is 3.59. The van der Waals surface area contributed by atoms with Gasteiger partial charge in [0, 0.05) is 23.0 Å². The number of nitrogens with one attached hydrogen (secondary N) is 1. The van der Waals surface area contributed by atoms with Gasteiger partial charge >= 0.3 is 0 Å². The average Bonchev–Trinajstić information content (AvgIpc) is 2.95. The third-order valence-corrected chi connectivity index (χ3v) is 4.22. The number of halogens is 2. The van der Waals surface area contributed by atoms with Crippen LogP contribution in [0.2, 0.25) is 0 Å². The van der Waals surface area contributed by atoms with Crippen LogP contribution in [0.5, 0.6) is 0 Å². The van der Waals surface area contributed by atoms with Crippen LogP contribution in [0.25, 0.3) is 5.69 Å².